The number of halogens is 1. The van der Waals surface area contributed by atoms with Crippen LogP contribution in [0.5, 0.6) is 5.75 Å². The molecule has 1 saturated carbocycles. The van der Waals surface area contributed by atoms with E-state index in [0.29, 0.717) is 5.41 Å². The quantitative estimate of drug-likeness (QED) is 0.343. The van der Waals surface area contributed by atoms with Gasteiger partial charge in [-0.3, -0.25) is 4.99 Å². The summed E-state index contributed by atoms with van der Waals surface area (Å²) in [5.74, 6) is 1.77. The first-order chi connectivity index (χ1) is 12.0. The lowest BCUT2D eigenvalue weighted by Gasteiger charge is -2.41. The van der Waals surface area contributed by atoms with Crippen LogP contribution in [0.25, 0.3) is 0 Å². The van der Waals surface area contributed by atoms with Crippen molar-refractivity contribution in [2.24, 2.45) is 10.4 Å². The van der Waals surface area contributed by atoms with Crippen molar-refractivity contribution >= 4 is 29.9 Å². The van der Waals surface area contributed by atoms with E-state index in [1.807, 2.05) is 19.2 Å². The minimum absolute atomic E-state index is 0. The van der Waals surface area contributed by atoms with E-state index >= 15 is 0 Å². The molecule has 1 aliphatic rings. The number of methoxy groups -OCH3 is 1. The van der Waals surface area contributed by atoms with Gasteiger partial charge in [-0.25, -0.2) is 0 Å². The molecule has 5 nitrogen and oxygen atoms in total. The zero-order chi connectivity index (χ0) is 18.3. The normalized spacial score (nSPS) is 17.1. The fourth-order valence-electron chi connectivity index (χ4n) is 3.46. The van der Waals surface area contributed by atoms with Gasteiger partial charge in [0, 0.05) is 20.1 Å². The number of benzene rings is 1. The second-order valence-electron chi connectivity index (χ2n) is 7.27. The lowest BCUT2D eigenvalue weighted by Crippen LogP contribution is -2.47. The Hall–Kier alpha value is -1.02. The molecule has 1 aromatic carbocycles. The van der Waals surface area contributed by atoms with Crippen LogP contribution in [0.3, 0.4) is 0 Å². The monoisotopic (exact) mass is 474 g/mol. The average Bonchev–Trinajstić information content (AvgIpc) is 2.59. The molecule has 6 heteroatoms. The van der Waals surface area contributed by atoms with E-state index in [1.165, 1.54) is 31.2 Å². The summed E-state index contributed by atoms with van der Waals surface area (Å²) in [7, 11) is 7.74. The Labute approximate surface area is 176 Å². The molecule has 148 valence electrons. The van der Waals surface area contributed by atoms with Gasteiger partial charge in [0.05, 0.1) is 13.2 Å². The van der Waals surface area contributed by atoms with Gasteiger partial charge in [-0.2, -0.15) is 0 Å². The number of guanidine groups is 1. The summed E-state index contributed by atoms with van der Waals surface area (Å²) in [5.41, 5.74) is 1.71. The van der Waals surface area contributed by atoms with E-state index in [1.54, 1.807) is 7.11 Å². The summed E-state index contributed by atoms with van der Waals surface area (Å²) >= 11 is 0. The third-order valence-corrected chi connectivity index (χ3v) is 5.58. The molecule has 1 aromatic rings. The Morgan fingerprint density at radius 2 is 2.04 bits per heavy atom. The first-order valence-corrected chi connectivity index (χ1v) is 9.28. The van der Waals surface area contributed by atoms with Crippen LogP contribution in [-0.2, 0) is 0 Å². The topological polar surface area (TPSA) is 48.9 Å². The molecule has 0 aromatic heterocycles. The lowest BCUT2D eigenvalue weighted by molar-refractivity contribution is 0.131. The molecule has 0 amide bonds. The van der Waals surface area contributed by atoms with Crippen LogP contribution in [0.15, 0.2) is 29.3 Å². The van der Waals surface area contributed by atoms with Gasteiger partial charge in [-0.15, -0.1) is 24.0 Å². The number of hydrogen-bond donors (Lipinski definition) is 2. The Morgan fingerprint density at radius 1 is 1.31 bits per heavy atom. The molecule has 2 N–H and O–H groups in total. The van der Waals surface area contributed by atoms with Crippen LogP contribution in [0.1, 0.15) is 44.2 Å². The number of rotatable bonds is 8. The highest BCUT2D eigenvalue weighted by molar-refractivity contribution is 14.0. The summed E-state index contributed by atoms with van der Waals surface area (Å²) in [4.78, 5) is 6.61. The van der Waals surface area contributed by atoms with Crippen LogP contribution in [0.2, 0.25) is 0 Å². The summed E-state index contributed by atoms with van der Waals surface area (Å²) < 4.78 is 5.36. The summed E-state index contributed by atoms with van der Waals surface area (Å²) in [5, 5.41) is 7.02. The molecule has 2 rings (SSSR count). The molecule has 0 aliphatic heterocycles. The molecule has 0 radical (unpaired) electrons. The van der Waals surface area contributed by atoms with E-state index in [2.05, 4.69) is 53.7 Å². The van der Waals surface area contributed by atoms with E-state index < -0.39 is 0 Å². The zero-order valence-corrected chi connectivity index (χ0v) is 19.2. The second-order valence-corrected chi connectivity index (χ2v) is 7.27. The summed E-state index contributed by atoms with van der Waals surface area (Å²) in [6, 6.07) is 8.51. The molecular weight excluding hydrogens is 439 g/mol. The standard InChI is InChI=1S/C20H34N4O.HI/c1-6-20(11-8-12-20)15-23-19(21-2)22-14-18(24(3)4)16-9-7-10-17(13-16)25-5;/h7,9-10,13,18H,6,8,11-12,14-15H2,1-5H3,(H2,21,22,23);1H. The zero-order valence-electron chi connectivity index (χ0n) is 16.8. The number of nitrogens with one attached hydrogen (secondary N) is 2. The third-order valence-electron chi connectivity index (χ3n) is 5.58. The summed E-state index contributed by atoms with van der Waals surface area (Å²) in [6.07, 6.45) is 5.26. The number of hydrogen-bond acceptors (Lipinski definition) is 3. The maximum atomic E-state index is 5.36. The second kappa shape index (κ2) is 11.0. The van der Waals surface area contributed by atoms with Crippen molar-refractivity contribution < 1.29 is 4.74 Å². The van der Waals surface area contributed by atoms with Gasteiger partial charge in [0.1, 0.15) is 5.75 Å². The molecule has 0 bridgehead atoms. The SMILES string of the molecule is CCC1(CNC(=NC)NCC(c2cccc(OC)c2)N(C)C)CCC1.I. The molecule has 0 spiro atoms. The van der Waals surface area contributed by atoms with Crippen molar-refractivity contribution in [2.75, 3.05) is 41.3 Å². The predicted molar refractivity (Wildman–Crippen MR) is 121 cm³/mol. The van der Waals surface area contributed by atoms with Crippen LogP contribution in [0.4, 0.5) is 0 Å². The highest BCUT2D eigenvalue weighted by atomic mass is 127. The van der Waals surface area contributed by atoms with E-state index in [0.717, 1.165) is 24.8 Å². The minimum atomic E-state index is 0. The van der Waals surface area contributed by atoms with Gasteiger partial charge in [0.25, 0.3) is 0 Å². The van der Waals surface area contributed by atoms with Crippen molar-refractivity contribution in [1.82, 2.24) is 15.5 Å². The summed E-state index contributed by atoms with van der Waals surface area (Å²) in [6.45, 7) is 4.09. The largest absolute Gasteiger partial charge is 0.497 e. The highest BCUT2D eigenvalue weighted by Crippen LogP contribution is 2.42. The Morgan fingerprint density at radius 3 is 2.54 bits per heavy atom. The van der Waals surface area contributed by atoms with Crippen molar-refractivity contribution in [3.05, 3.63) is 29.8 Å². The van der Waals surface area contributed by atoms with Crippen LogP contribution < -0.4 is 15.4 Å². The van der Waals surface area contributed by atoms with Gasteiger partial charge in [-0.05, 0) is 56.5 Å². The van der Waals surface area contributed by atoms with E-state index in [4.69, 9.17) is 4.74 Å². The Bertz CT molecular complexity index is 567. The van der Waals surface area contributed by atoms with Crippen molar-refractivity contribution in [1.29, 1.82) is 0 Å². The van der Waals surface area contributed by atoms with Crippen LogP contribution >= 0.6 is 24.0 Å². The molecule has 1 fully saturated rings. The molecule has 1 atom stereocenters. The lowest BCUT2D eigenvalue weighted by atomic mass is 9.67. The Kier molecular flexibility index (Phi) is 9.71. The predicted octanol–water partition coefficient (Wildman–Crippen LogP) is 3.66. The third kappa shape index (κ3) is 6.01. The average molecular weight is 474 g/mol. The molecular formula is C20H35IN4O. The van der Waals surface area contributed by atoms with Crippen molar-refractivity contribution in [3.63, 3.8) is 0 Å². The highest BCUT2D eigenvalue weighted by Gasteiger charge is 2.34. The fourth-order valence-corrected chi connectivity index (χ4v) is 3.46. The molecule has 1 unspecified atom stereocenters. The Balaban J connectivity index is 0.00000338. The van der Waals surface area contributed by atoms with Gasteiger partial charge in [-0.1, -0.05) is 25.5 Å². The first-order valence-electron chi connectivity index (χ1n) is 9.28. The molecule has 1 aliphatic carbocycles. The minimum Gasteiger partial charge on any atom is -0.497 e. The smallest absolute Gasteiger partial charge is 0.191 e. The maximum Gasteiger partial charge on any atom is 0.191 e. The van der Waals surface area contributed by atoms with E-state index in [9.17, 15) is 0 Å². The van der Waals surface area contributed by atoms with Crippen LogP contribution in [0, 0.1) is 5.41 Å². The van der Waals surface area contributed by atoms with Gasteiger partial charge < -0.3 is 20.3 Å². The number of likely N-dealkylation sites (N-methyl/N-ethyl adjacent to an activating group) is 1. The van der Waals surface area contributed by atoms with Gasteiger partial charge >= 0.3 is 0 Å². The van der Waals surface area contributed by atoms with Crippen LogP contribution in [-0.4, -0.2) is 52.2 Å². The van der Waals surface area contributed by atoms with Gasteiger partial charge in [0.2, 0.25) is 0 Å². The molecule has 26 heavy (non-hydrogen) atoms. The number of nitrogens with zero attached hydrogens (tertiary/aromatic N) is 2. The molecule has 0 heterocycles. The first kappa shape index (κ1) is 23.0. The maximum absolute atomic E-state index is 5.36. The van der Waals surface area contributed by atoms with Gasteiger partial charge in [0.15, 0.2) is 5.96 Å². The number of ether oxygens (including phenoxy) is 1. The van der Waals surface area contributed by atoms with E-state index in [-0.39, 0.29) is 30.0 Å². The van der Waals surface area contributed by atoms with Crippen molar-refractivity contribution in [3.8, 4) is 5.75 Å². The molecule has 0 saturated heterocycles. The number of aliphatic imine (C=N–C) groups is 1. The fraction of sp³-hybridized carbons (Fsp3) is 0.650. The van der Waals surface area contributed by atoms with Crippen molar-refractivity contribution in [2.45, 2.75) is 38.6 Å².